The zero-order chi connectivity index (χ0) is 21.5. The van der Waals surface area contributed by atoms with Crippen LogP contribution >= 0.6 is 11.6 Å². The van der Waals surface area contributed by atoms with Gasteiger partial charge in [0, 0.05) is 16.5 Å². The molecule has 0 saturated carbocycles. The van der Waals surface area contributed by atoms with Gasteiger partial charge in [-0.15, -0.1) is 0 Å². The van der Waals surface area contributed by atoms with E-state index in [1.165, 1.54) is 18.2 Å². The first-order valence-electron chi connectivity index (χ1n) is 8.67. The van der Waals surface area contributed by atoms with Crippen LogP contribution in [0.3, 0.4) is 0 Å². The Morgan fingerprint density at radius 2 is 1.90 bits per heavy atom. The number of fused-ring (bicyclic) bond motifs is 1. The summed E-state index contributed by atoms with van der Waals surface area (Å²) in [4.78, 5) is 11.2. The highest BCUT2D eigenvalue weighted by Gasteiger charge is 2.42. The minimum atomic E-state index is -3.30. The first kappa shape index (κ1) is 21.2. The van der Waals surface area contributed by atoms with Crippen molar-refractivity contribution in [2.24, 2.45) is 11.1 Å². The molecule has 0 aromatic heterocycles. The minimum Gasteiger partial charge on any atom is -0.454 e. The number of hydrogen-bond acceptors (Lipinski definition) is 3. The molecule has 0 spiro atoms. The Hall–Kier alpha value is -2.48. The SMILES string of the molecule is CC1(C)Cc2cc(-c3ccc(OC(F)C(F)F)cc3Cl)c(F)cc2[C@@H]1OC(N)=O. The largest absolute Gasteiger partial charge is 0.454 e. The van der Waals surface area contributed by atoms with Gasteiger partial charge < -0.3 is 15.2 Å². The van der Waals surface area contributed by atoms with Gasteiger partial charge in [0.15, 0.2) is 0 Å². The first-order chi connectivity index (χ1) is 13.5. The molecule has 2 atom stereocenters. The molecule has 3 rings (SSSR count). The lowest BCUT2D eigenvalue weighted by molar-refractivity contribution is -0.0668. The fourth-order valence-electron chi connectivity index (χ4n) is 3.55. The average Bonchev–Trinajstić information content (AvgIpc) is 2.84. The second kappa shape index (κ2) is 7.74. The van der Waals surface area contributed by atoms with Crippen LogP contribution in [0.5, 0.6) is 5.75 Å². The molecule has 0 aliphatic heterocycles. The fourth-order valence-corrected chi connectivity index (χ4v) is 3.82. The topological polar surface area (TPSA) is 61.6 Å². The summed E-state index contributed by atoms with van der Waals surface area (Å²) in [6.45, 7) is 3.74. The Morgan fingerprint density at radius 1 is 1.21 bits per heavy atom. The van der Waals surface area contributed by atoms with Crippen molar-refractivity contribution < 1.29 is 31.8 Å². The highest BCUT2D eigenvalue weighted by atomic mass is 35.5. The molecular weight excluding hydrogens is 414 g/mol. The van der Waals surface area contributed by atoms with Crippen molar-refractivity contribution in [1.29, 1.82) is 0 Å². The summed E-state index contributed by atoms with van der Waals surface area (Å²) in [5.41, 5.74) is 6.37. The Bertz CT molecular complexity index is 952. The van der Waals surface area contributed by atoms with Crippen molar-refractivity contribution in [3.05, 3.63) is 52.3 Å². The number of hydrogen-bond donors (Lipinski definition) is 1. The third kappa shape index (κ3) is 4.27. The lowest BCUT2D eigenvalue weighted by Crippen LogP contribution is -2.25. The summed E-state index contributed by atoms with van der Waals surface area (Å²) >= 11 is 6.16. The summed E-state index contributed by atoms with van der Waals surface area (Å²) in [6, 6.07) is 6.59. The third-order valence-electron chi connectivity index (χ3n) is 4.78. The number of carbonyl (C=O) groups is 1. The summed E-state index contributed by atoms with van der Waals surface area (Å²) in [7, 11) is 0. The molecule has 156 valence electrons. The summed E-state index contributed by atoms with van der Waals surface area (Å²) in [5, 5.41) is 0.00464. The first-order valence-corrected chi connectivity index (χ1v) is 9.04. The number of alkyl halides is 3. The monoisotopic (exact) mass is 431 g/mol. The van der Waals surface area contributed by atoms with Crippen LogP contribution in [0.25, 0.3) is 11.1 Å². The molecule has 1 amide bonds. The molecule has 9 heteroatoms. The van der Waals surface area contributed by atoms with E-state index in [4.69, 9.17) is 22.1 Å². The normalized spacial score (nSPS) is 18.4. The van der Waals surface area contributed by atoms with Crippen molar-refractivity contribution in [2.75, 3.05) is 0 Å². The Balaban J connectivity index is 1.97. The second-order valence-corrected chi connectivity index (χ2v) is 7.87. The van der Waals surface area contributed by atoms with Gasteiger partial charge in [-0.1, -0.05) is 25.4 Å². The maximum absolute atomic E-state index is 14.9. The van der Waals surface area contributed by atoms with Crippen molar-refractivity contribution >= 4 is 17.7 Å². The fraction of sp³-hybridized carbons (Fsp3) is 0.350. The molecule has 1 aliphatic carbocycles. The molecule has 2 aromatic carbocycles. The van der Waals surface area contributed by atoms with Crippen LogP contribution in [0.2, 0.25) is 5.02 Å². The van der Waals surface area contributed by atoms with Crippen molar-refractivity contribution in [1.82, 2.24) is 0 Å². The Morgan fingerprint density at radius 3 is 2.48 bits per heavy atom. The van der Waals surface area contributed by atoms with E-state index >= 15 is 0 Å². The Labute approximate surface area is 169 Å². The standard InChI is InChI=1S/C20H18ClF4NO3/c1-20(2)8-9-5-13(15(22)7-12(9)16(20)29-19(26)27)11-4-3-10(6-14(11)21)28-18(25)17(23)24/h3-7,16-18H,8H2,1-2H3,(H2,26,27)/t16-,18?/m0/s1. The smallest absolute Gasteiger partial charge is 0.405 e. The molecule has 0 heterocycles. The van der Waals surface area contributed by atoms with Crippen LogP contribution < -0.4 is 10.5 Å². The molecule has 0 fully saturated rings. The van der Waals surface area contributed by atoms with E-state index in [9.17, 15) is 22.4 Å². The molecule has 1 unspecified atom stereocenters. The molecule has 4 nitrogen and oxygen atoms in total. The zero-order valence-electron chi connectivity index (χ0n) is 15.5. The van der Waals surface area contributed by atoms with E-state index in [1.807, 2.05) is 13.8 Å². The molecule has 2 N–H and O–H groups in total. The predicted octanol–water partition coefficient (Wildman–Crippen LogP) is 5.80. The van der Waals surface area contributed by atoms with Gasteiger partial charge in [0.1, 0.15) is 17.7 Å². The summed E-state index contributed by atoms with van der Waals surface area (Å²) < 4.78 is 62.2. The van der Waals surface area contributed by atoms with Gasteiger partial charge in [-0.2, -0.15) is 4.39 Å². The number of nitrogens with two attached hydrogens (primary N) is 1. The minimum absolute atomic E-state index is 0.00464. The lowest BCUT2D eigenvalue weighted by Gasteiger charge is -2.26. The van der Waals surface area contributed by atoms with E-state index in [-0.39, 0.29) is 21.9 Å². The van der Waals surface area contributed by atoms with E-state index < -0.39 is 36.2 Å². The van der Waals surface area contributed by atoms with E-state index in [2.05, 4.69) is 4.74 Å². The zero-order valence-corrected chi connectivity index (χ0v) is 16.3. The average molecular weight is 432 g/mol. The van der Waals surface area contributed by atoms with Crippen LogP contribution in [0.4, 0.5) is 22.4 Å². The van der Waals surface area contributed by atoms with Crippen LogP contribution in [0.15, 0.2) is 30.3 Å². The number of carbonyl (C=O) groups excluding carboxylic acids is 1. The van der Waals surface area contributed by atoms with Gasteiger partial charge in [-0.05, 0) is 47.9 Å². The van der Waals surface area contributed by atoms with Crippen molar-refractivity contribution in [3.8, 4) is 16.9 Å². The molecule has 0 radical (unpaired) electrons. The Kier molecular flexibility index (Phi) is 5.67. The van der Waals surface area contributed by atoms with Gasteiger partial charge in [0.2, 0.25) is 0 Å². The maximum Gasteiger partial charge on any atom is 0.405 e. The van der Waals surface area contributed by atoms with Crippen molar-refractivity contribution in [3.63, 3.8) is 0 Å². The number of ether oxygens (including phenoxy) is 2. The number of rotatable bonds is 5. The van der Waals surface area contributed by atoms with E-state index in [0.29, 0.717) is 12.0 Å². The molecule has 1 aliphatic rings. The number of primary amides is 1. The summed E-state index contributed by atoms with van der Waals surface area (Å²) in [5.74, 6) is -0.824. The van der Waals surface area contributed by atoms with E-state index in [1.54, 1.807) is 6.07 Å². The van der Waals surface area contributed by atoms with Gasteiger partial charge >= 0.3 is 12.5 Å². The van der Waals surface area contributed by atoms with Crippen LogP contribution in [0.1, 0.15) is 31.1 Å². The number of amides is 1. The predicted molar refractivity (Wildman–Crippen MR) is 99.3 cm³/mol. The van der Waals surface area contributed by atoms with Gasteiger partial charge in [0.05, 0.1) is 5.02 Å². The summed E-state index contributed by atoms with van der Waals surface area (Å²) in [6.07, 6.45) is -7.24. The maximum atomic E-state index is 14.9. The lowest BCUT2D eigenvalue weighted by atomic mass is 9.87. The van der Waals surface area contributed by atoms with Crippen molar-refractivity contribution in [2.45, 2.75) is 39.2 Å². The second-order valence-electron chi connectivity index (χ2n) is 7.46. The highest BCUT2D eigenvalue weighted by Crippen LogP contribution is 2.49. The van der Waals surface area contributed by atoms with E-state index in [0.717, 1.165) is 11.6 Å². The van der Waals surface area contributed by atoms with Crippen LogP contribution in [-0.2, 0) is 11.2 Å². The number of benzene rings is 2. The molecular formula is C20H18ClF4NO3. The van der Waals surface area contributed by atoms with Gasteiger partial charge in [-0.3, -0.25) is 0 Å². The van der Waals surface area contributed by atoms with Gasteiger partial charge in [-0.25, -0.2) is 18.0 Å². The molecule has 29 heavy (non-hydrogen) atoms. The third-order valence-corrected chi connectivity index (χ3v) is 5.09. The quantitative estimate of drug-likeness (QED) is 0.608. The van der Waals surface area contributed by atoms with Crippen LogP contribution in [0, 0.1) is 11.2 Å². The number of halogens is 5. The highest BCUT2D eigenvalue weighted by molar-refractivity contribution is 6.33. The van der Waals surface area contributed by atoms with Crippen LogP contribution in [-0.4, -0.2) is 18.9 Å². The molecule has 0 saturated heterocycles. The molecule has 0 bridgehead atoms. The van der Waals surface area contributed by atoms with Gasteiger partial charge in [0.25, 0.3) is 6.36 Å². The molecule has 2 aromatic rings.